The van der Waals surface area contributed by atoms with E-state index in [4.69, 9.17) is 0 Å². The largest absolute Gasteiger partial charge is 0.362 e. The predicted molar refractivity (Wildman–Crippen MR) is 143 cm³/mol. The molecule has 6 rings (SSSR count). The average Bonchev–Trinajstić information content (AvgIpc) is 3.55. The molecule has 5 heterocycles. The van der Waals surface area contributed by atoms with Crippen molar-refractivity contribution in [2.45, 2.75) is 48.0 Å². The van der Waals surface area contributed by atoms with Crippen LogP contribution in [0.2, 0.25) is 0 Å². The molecule has 5 nitrogen and oxygen atoms in total. The molecule has 1 fully saturated rings. The molecule has 1 aliphatic carbocycles. The first-order valence-electron chi connectivity index (χ1n) is 12.4. The molecule has 8 bridgehead atoms. The standard InChI is InChI=1S/C30H32N4O/c1-8-19-16(5)23-10-20-13(2)9-26(31-20)27-18(7)30(35)28-17(6)24(34-29(27)28)11-21-14(3)15(4)22(32-21)12-25(19)33-23/h8,10-13,18,31-34H,1,9H2,2-7H3/b20-10-,21-11-,22-12-,27-26-/t13-,18+/m0/s1. The molecule has 3 aromatic rings. The van der Waals surface area contributed by atoms with Gasteiger partial charge >= 0.3 is 0 Å². The van der Waals surface area contributed by atoms with E-state index in [1.165, 1.54) is 22.4 Å². The smallest absolute Gasteiger partial charge is 0.172 e. The lowest BCUT2D eigenvalue weighted by atomic mass is 9.97. The number of aromatic amines is 3. The van der Waals surface area contributed by atoms with Crippen LogP contribution in [0.15, 0.2) is 18.0 Å². The van der Waals surface area contributed by atoms with Gasteiger partial charge in [-0.2, -0.15) is 0 Å². The van der Waals surface area contributed by atoms with Gasteiger partial charge < -0.3 is 20.3 Å². The van der Waals surface area contributed by atoms with Gasteiger partial charge in [-0.1, -0.05) is 26.5 Å². The molecule has 3 aliphatic rings. The zero-order valence-corrected chi connectivity index (χ0v) is 21.3. The zero-order chi connectivity index (χ0) is 24.8. The van der Waals surface area contributed by atoms with Crippen molar-refractivity contribution in [2.75, 3.05) is 0 Å². The Morgan fingerprint density at radius 3 is 2.20 bits per heavy atom. The lowest BCUT2D eigenvalue weighted by molar-refractivity contribution is 0.0965. The maximum atomic E-state index is 13.4. The summed E-state index contributed by atoms with van der Waals surface area (Å²) in [4.78, 5) is 24.3. The second-order valence-electron chi connectivity index (χ2n) is 10.4. The molecule has 5 heteroatoms. The van der Waals surface area contributed by atoms with Crippen LogP contribution < -0.4 is 16.0 Å². The summed E-state index contributed by atoms with van der Waals surface area (Å²) in [5.41, 5.74) is 14.1. The van der Waals surface area contributed by atoms with Crippen molar-refractivity contribution in [3.05, 3.63) is 84.8 Å². The Kier molecular flexibility index (Phi) is 4.59. The molecule has 0 aromatic carbocycles. The van der Waals surface area contributed by atoms with E-state index in [1.807, 2.05) is 13.0 Å². The number of hydrogen-bond donors (Lipinski definition) is 4. The van der Waals surface area contributed by atoms with Crippen LogP contribution in [0.3, 0.4) is 0 Å². The van der Waals surface area contributed by atoms with E-state index < -0.39 is 0 Å². The molecule has 1 saturated heterocycles. The third-order valence-corrected chi connectivity index (χ3v) is 8.38. The molecule has 35 heavy (non-hydrogen) atoms. The molecular weight excluding hydrogens is 432 g/mol. The molecule has 0 spiro atoms. The number of H-pyrrole nitrogens is 3. The molecule has 4 N–H and O–H groups in total. The van der Waals surface area contributed by atoms with Gasteiger partial charge in [-0.25, -0.2) is 0 Å². The number of allylic oxidation sites excluding steroid dienone is 3. The molecule has 0 saturated carbocycles. The number of hydrogen-bond acceptors (Lipinski definition) is 2. The Morgan fingerprint density at radius 2 is 1.51 bits per heavy atom. The quantitative estimate of drug-likeness (QED) is 0.420. The Balaban J connectivity index is 1.72. The first-order valence-corrected chi connectivity index (χ1v) is 12.4. The van der Waals surface area contributed by atoms with Gasteiger partial charge in [0.15, 0.2) is 5.78 Å². The summed E-state index contributed by atoms with van der Waals surface area (Å²) in [7, 11) is 0. The minimum absolute atomic E-state index is 0.154. The van der Waals surface area contributed by atoms with Crippen LogP contribution in [-0.4, -0.2) is 20.7 Å². The maximum Gasteiger partial charge on any atom is 0.172 e. The summed E-state index contributed by atoms with van der Waals surface area (Å²) >= 11 is 0. The van der Waals surface area contributed by atoms with E-state index in [0.717, 1.165) is 67.9 Å². The molecule has 2 atom stereocenters. The summed E-state index contributed by atoms with van der Waals surface area (Å²) in [5, 5.41) is 5.83. The van der Waals surface area contributed by atoms with Crippen molar-refractivity contribution in [3.63, 3.8) is 0 Å². The fraction of sp³-hybridized carbons (Fsp3) is 0.300. The molecule has 0 amide bonds. The minimum atomic E-state index is -0.154. The van der Waals surface area contributed by atoms with Gasteiger partial charge in [0.05, 0.1) is 5.69 Å². The number of nitrogens with one attached hydrogen (secondary N) is 4. The van der Waals surface area contributed by atoms with Gasteiger partial charge in [0.1, 0.15) is 0 Å². The topological polar surface area (TPSA) is 76.5 Å². The highest BCUT2D eigenvalue weighted by molar-refractivity contribution is 6.15. The second-order valence-corrected chi connectivity index (χ2v) is 10.4. The van der Waals surface area contributed by atoms with Crippen LogP contribution in [0.4, 0.5) is 0 Å². The second kappa shape index (κ2) is 7.38. The molecule has 0 radical (unpaired) electrons. The molecule has 178 valence electrons. The van der Waals surface area contributed by atoms with Crippen molar-refractivity contribution in [2.24, 2.45) is 11.8 Å². The van der Waals surface area contributed by atoms with Crippen LogP contribution in [0.5, 0.6) is 0 Å². The summed E-state index contributed by atoms with van der Waals surface area (Å²) in [6.45, 7) is 16.9. The molecule has 2 aliphatic heterocycles. The van der Waals surface area contributed by atoms with Crippen molar-refractivity contribution >= 4 is 35.7 Å². The molecule has 0 unspecified atom stereocenters. The van der Waals surface area contributed by atoms with Crippen molar-refractivity contribution in [3.8, 4) is 0 Å². The average molecular weight is 465 g/mol. The van der Waals surface area contributed by atoms with Gasteiger partial charge in [0.2, 0.25) is 0 Å². The lowest BCUT2D eigenvalue weighted by Gasteiger charge is -2.11. The number of ketones is 1. The Bertz CT molecular complexity index is 1650. The third-order valence-electron chi connectivity index (χ3n) is 8.38. The summed E-state index contributed by atoms with van der Waals surface area (Å²) < 4.78 is 0. The third kappa shape index (κ3) is 2.97. The summed E-state index contributed by atoms with van der Waals surface area (Å²) in [6.07, 6.45) is 9.38. The number of Topliss-reactive ketones (excluding diaryl/α,β-unsaturated/α-hetero) is 1. The van der Waals surface area contributed by atoms with E-state index >= 15 is 0 Å². The fourth-order valence-electron chi connectivity index (χ4n) is 6.01. The Morgan fingerprint density at radius 1 is 0.857 bits per heavy atom. The minimum Gasteiger partial charge on any atom is -0.362 e. The predicted octanol–water partition coefficient (Wildman–Crippen LogP) is 4.73. The first kappa shape index (κ1) is 21.8. The van der Waals surface area contributed by atoms with Crippen LogP contribution >= 0.6 is 0 Å². The first-order chi connectivity index (χ1) is 16.7. The monoisotopic (exact) mass is 464 g/mol. The normalized spacial score (nSPS) is 26.0. The van der Waals surface area contributed by atoms with Gasteiger partial charge in [0.25, 0.3) is 0 Å². The van der Waals surface area contributed by atoms with E-state index in [0.29, 0.717) is 5.92 Å². The Hall–Kier alpha value is -3.73. The number of aromatic nitrogens is 3. The van der Waals surface area contributed by atoms with E-state index in [-0.39, 0.29) is 11.7 Å². The van der Waals surface area contributed by atoms with Crippen LogP contribution in [0.1, 0.15) is 81.2 Å². The highest BCUT2D eigenvalue weighted by atomic mass is 16.1. The van der Waals surface area contributed by atoms with Gasteiger partial charge in [-0.3, -0.25) is 4.79 Å². The van der Waals surface area contributed by atoms with Crippen molar-refractivity contribution < 1.29 is 4.79 Å². The van der Waals surface area contributed by atoms with E-state index in [1.54, 1.807) is 0 Å². The van der Waals surface area contributed by atoms with Crippen molar-refractivity contribution in [1.82, 2.24) is 20.3 Å². The lowest BCUT2D eigenvalue weighted by Crippen LogP contribution is -2.13. The Labute approximate surface area is 205 Å². The van der Waals surface area contributed by atoms with Crippen LogP contribution in [0.25, 0.3) is 29.9 Å². The van der Waals surface area contributed by atoms with Crippen molar-refractivity contribution in [1.29, 1.82) is 0 Å². The summed E-state index contributed by atoms with van der Waals surface area (Å²) in [6, 6.07) is 0. The van der Waals surface area contributed by atoms with Crippen LogP contribution in [0, 0.1) is 39.5 Å². The van der Waals surface area contributed by atoms with Crippen LogP contribution in [-0.2, 0) is 0 Å². The van der Waals surface area contributed by atoms with Gasteiger partial charge in [-0.05, 0) is 74.6 Å². The van der Waals surface area contributed by atoms with E-state index in [2.05, 4.69) is 79.7 Å². The highest BCUT2D eigenvalue weighted by Crippen LogP contribution is 2.44. The number of rotatable bonds is 1. The van der Waals surface area contributed by atoms with Gasteiger partial charge in [-0.15, -0.1) is 0 Å². The SMILES string of the molecule is C=Cc1c2[nH]c(c1C)/C=C1\N/C(=C3\c4[nH]c(c(C)c4C(=O)[C@@H]3C)/C=c3\[nH]/c(c(C)c3C)=C\2)C[C@@H]1C. The fourth-order valence-corrected chi connectivity index (χ4v) is 6.01. The van der Waals surface area contributed by atoms with Gasteiger partial charge in [0, 0.05) is 67.7 Å². The highest BCUT2D eigenvalue weighted by Gasteiger charge is 2.39. The number of carbonyl (C=O) groups is 1. The molecule has 3 aromatic heterocycles. The van der Waals surface area contributed by atoms with E-state index in [9.17, 15) is 4.79 Å². The summed E-state index contributed by atoms with van der Waals surface area (Å²) in [5.74, 6) is 0.385. The number of carbonyl (C=O) groups excluding carboxylic acids is 1. The maximum absolute atomic E-state index is 13.4. The molecular formula is C30H32N4O. The number of fused-ring (bicyclic) bond motifs is 7. The zero-order valence-electron chi connectivity index (χ0n) is 21.3.